The maximum atomic E-state index is 14.3. The van der Waals surface area contributed by atoms with Gasteiger partial charge in [-0.1, -0.05) is 6.07 Å². The van der Waals surface area contributed by atoms with Gasteiger partial charge < -0.3 is 23.8 Å². The highest BCUT2D eigenvalue weighted by Gasteiger charge is 2.26. The number of fused-ring (bicyclic) bond motifs is 1. The number of aromatic nitrogens is 1. The number of hydrogen-bond acceptors (Lipinski definition) is 8. The number of ketones is 1. The molecule has 0 spiro atoms. The number of methoxy groups -OCH3 is 2. The van der Waals surface area contributed by atoms with Gasteiger partial charge in [-0.25, -0.2) is 9.18 Å². The zero-order valence-electron chi connectivity index (χ0n) is 23.2. The molecule has 0 unspecified atom stereocenters. The summed E-state index contributed by atoms with van der Waals surface area (Å²) in [5.74, 6) is 0.647. The molecule has 1 saturated heterocycles. The second kappa shape index (κ2) is 12.7. The van der Waals surface area contributed by atoms with Gasteiger partial charge in [-0.2, -0.15) is 0 Å². The number of amides is 1. The molecular weight excluding hydrogens is 547 g/mol. The van der Waals surface area contributed by atoms with E-state index < -0.39 is 6.09 Å². The number of halogens is 1. The van der Waals surface area contributed by atoms with Crippen molar-refractivity contribution in [1.29, 1.82) is 0 Å². The first-order chi connectivity index (χ1) is 19.9. The quantitative estimate of drug-likeness (QED) is 0.306. The first-order valence-electron chi connectivity index (χ1n) is 13.3. The summed E-state index contributed by atoms with van der Waals surface area (Å²) in [5.41, 5.74) is 6.95. The third kappa shape index (κ3) is 6.34. The third-order valence-electron chi connectivity index (χ3n) is 7.21. The van der Waals surface area contributed by atoms with Crippen LogP contribution in [0, 0.1) is 5.82 Å². The summed E-state index contributed by atoms with van der Waals surface area (Å²) in [6, 6.07) is 8.26. The number of rotatable bonds is 9. The van der Waals surface area contributed by atoms with Gasteiger partial charge in [-0.3, -0.25) is 9.78 Å². The van der Waals surface area contributed by atoms with E-state index in [0.29, 0.717) is 57.1 Å². The highest BCUT2D eigenvalue weighted by molar-refractivity contribution is 7.09. The minimum Gasteiger partial charge on any atom is -0.493 e. The highest BCUT2D eigenvalue weighted by atomic mass is 32.1. The van der Waals surface area contributed by atoms with E-state index in [-0.39, 0.29) is 17.3 Å². The van der Waals surface area contributed by atoms with Gasteiger partial charge in [0.25, 0.3) is 0 Å². The fraction of sp³-hybridized carbons (Fsp3) is 0.323. The van der Waals surface area contributed by atoms with Crippen LogP contribution in [0.1, 0.15) is 41.3 Å². The molecule has 214 valence electrons. The van der Waals surface area contributed by atoms with Gasteiger partial charge in [-0.05, 0) is 77.1 Å². The average molecular weight is 579 g/mol. The van der Waals surface area contributed by atoms with Crippen molar-refractivity contribution in [2.24, 2.45) is 0 Å². The highest BCUT2D eigenvalue weighted by Crippen LogP contribution is 2.46. The Morgan fingerprint density at radius 3 is 2.49 bits per heavy atom. The van der Waals surface area contributed by atoms with Crippen molar-refractivity contribution in [3.05, 3.63) is 75.0 Å². The van der Waals surface area contributed by atoms with E-state index in [0.717, 1.165) is 38.3 Å². The average Bonchev–Trinajstić information content (AvgIpc) is 3.58. The van der Waals surface area contributed by atoms with Crippen LogP contribution in [0.2, 0.25) is 0 Å². The molecule has 0 N–H and O–H groups in total. The van der Waals surface area contributed by atoms with Crippen molar-refractivity contribution < 1.29 is 32.9 Å². The van der Waals surface area contributed by atoms with E-state index in [2.05, 4.69) is 4.98 Å². The van der Waals surface area contributed by atoms with Crippen molar-refractivity contribution in [2.45, 2.75) is 26.2 Å². The topological polar surface area (TPSA) is 87.2 Å². The van der Waals surface area contributed by atoms with Crippen molar-refractivity contribution in [3.8, 4) is 17.2 Å². The fourth-order valence-electron chi connectivity index (χ4n) is 5.10. The molecule has 1 aromatic heterocycles. The van der Waals surface area contributed by atoms with Crippen molar-refractivity contribution >= 4 is 40.4 Å². The Kier molecular flexibility index (Phi) is 8.80. The number of carbonyl (C=O) groups is 2. The van der Waals surface area contributed by atoms with Crippen LogP contribution in [0.15, 0.2) is 47.6 Å². The Morgan fingerprint density at radius 1 is 1.10 bits per heavy atom. The second-order valence-electron chi connectivity index (χ2n) is 9.76. The van der Waals surface area contributed by atoms with Crippen molar-refractivity contribution in [2.75, 3.05) is 40.5 Å². The first kappa shape index (κ1) is 28.5. The second-order valence-corrected chi connectivity index (χ2v) is 10.7. The molecule has 1 aliphatic carbocycles. The lowest BCUT2D eigenvalue weighted by Gasteiger charge is -2.26. The Balaban J connectivity index is 1.44. The number of Topliss-reactive ketones (excluding diaryl/α,β-unsaturated/α-hetero) is 1. The maximum absolute atomic E-state index is 14.3. The summed E-state index contributed by atoms with van der Waals surface area (Å²) in [6.07, 6.45) is 4.37. The summed E-state index contributed by atoms with van der Waals surface area (Å²) in [6.45, 7) is 3.78. The monoisotopic (exact) mass is 578 g/mol. The summed E-state index contributed by atoms with van der Waals surface area (Å²) in [4.78, 5) is 32.0. The van der Waals surface area contributed by atoms with E-state index in [1.54, 1.807) is 34.8 Å². The van der Waals surface area contributed by atoms with Gasteiger partial charge in [0.2, 0.25) is 5.75 Å². The number of hydrogen-bond donors (Lipinski definition) is 0. The third-order valence-corrected chi connectivity index (χ3v) is 7.99. The predicted molar refractivity (Wildman–Crippen MR) is 155 cm³/mol. The molecule has 1 fully saturated rings. The van der Waals surface area contributed by atoms with Crippen LogP contribution in [0.4, 0.5) is 9.18 Å². The van der Waals surface area contributed by atoms with Crippen LogP contribution < -0.4 is 14.2 Å². The Hall–Kier alpha value is -4.02. The van der Waals surface area contributed by atoms with Gasteiger partial charge in [0.15, 0.2) is 11.5 Å². The Bertz CT molecular complexity index is 1480. The number of nitrogens with zero attached hydrogens (tertiary/aromatic N) is 2. The smallest absolute Gasteiger partial charge is 0.415 e. The summed E-state index contributed by atoms with van der Waals surface area (Å²) in [7, 11) is 3.00. The van der Waals surface area contributed by atoms with Crippen LogP contribution in [0.3, 0.4) is 0 Å². The summed E-state index contributed by atoms with van der Waals surface area (Å²) in [5, 5.41) is 0. The number of carbonyl (C=O) groups excluding carboxylic acids is 2. The molecule has 3 aromatic rings. The van der Waals surface area contributed by atoms with E-state index >= 15 is 0 Å². The van der Waals surface area contributed by atoms with Crippen molar-refractivity contribution in [1.82, 2.24) is 9.88 Å². The first-order valence-corrected chi connectivity index (χ1v) is 14.2. The van der Waals surface area contributed by atoms with Crippen molar-refractivity contribution in [3.63, 3.8) is 0 Å². The lowest BCUT2D eigenvalue weighted by molar-refractivity contribution is -0.118. The van der Waals surface area contributed by atoms with E-state index in [9.17, 15) is 14.0 Å². The standard InChI is InChI=1S/C31H31FN2O6S/c1-19-24(7-5-22(35)16-23-17-33-18-41-23)27-15-21(32)4-6-25(27)26(19)12-20-13-28(37-2)30(29(14-20)38-3)40-31(36)34-8-10-39-11-9-34/h4,6,12-15,17-18H,5,7-11,16H2,1-3H3/b26-12-. The molecule has 5 rings (SSSR count). The van der Waals surface area contributed by atoms with E-state index in [1.807, 2.05) is 13.0 Å². The zero-order valence-corrected chi connectivity index (χ0v) is 24.0. The normalized spacial score (nSPS) is 15.7. The molecule has 2 aromatic carbocycles. The molecule has 10 heteroatoms. The number of allylic oxidation sites excluding steroid dienone is 3. The fourth-order valence-corrected chi connectivity index (χ4v) is 5.72. The SMILES string of the molecule is COc1cc(/C=C2/C(C)=C(CCC(=O)Cc3cncs3)c3cc(F)ccc32)cc(OC)c1OC(=O)N1CCOCC1. The molecule has 1 amide bonds. The molecule has 0 saturated carbocycles. The molecule has 0 bridgehead atoms. The molecule has 2 heterocycles. The number of morpholine rings is 1. The summed E-state index contributed by atoms with van der Waals surface area (Å²) < 4.78 is 36.5. The molecular formula is C31H31FN2O6S. The number of benzene rings is 2. The van der Waals surface area contributed by atoms with Crippen LogP contribution in [0.5, 0.6) is 17.2 Å². The van der Waals surface area contributed by atoms with Gasteiger partial charge in [-0.15, -0.1) is 11.3 Å². The van der Waals surface area contributed by atoms with Gasteiger partial charge in [0.05, 0.1) is 32.9 Å². The zero-order chi connectivity index (χ0) is 28.9. The summed E-state index contributed by atoms with van der Waals surface area (Å²) >= 11 is 1.46. The van der Waals surface area contributed by atoms with Gasteiger partial charge in [0, 0.05) is 37.0 Å². The minimum atomic E-state index is -0.504. The lowest BCUT2D eigenvalue weighted by Crippen LogP contribution is -2.42. The van der Waals surface area contributed by atoms with Gasteiger partial charge >= 0.3 is 6.09 Å². The molecule has 1 aliphatic heterocycles. The molecule has 8 nitrogen and oxygen atoms in total. The lowest BCUT2D eigenvalue weighted by atomic mass is 9.99. The Labute approximate surface area is 242 Å². The molecule has 2 aliphatic rings. The molecule has 41 heavy (non-hydrogen) atoms. The number of ether oxygens (including phenoxy) is 4. The van der Waals surface area contributed by atoms with Gasteiger partial charge in [0.1, 0.15) is 11.6 Å². The molecule has 0 atom stereocenters. The minimum absolute atomic E-state index is 0.113. The predicted octanol–water partition coefficient (Wildman–Crippen LogP) is 6.05. The maximum Gasteiger partial charge on any atom is 0.415 e. The Morgan fingerprint density at radius 2 is 1.83 bits per heavy atom. The largest absolute Gasteiger partial charge is 0.493 e. The van der Waals surface area contributed by atoms with Crippen LogP contribution in [-0.2, 0) is 16.0 Å². The van der Waals surface area contributed by atoms with Crippen LogP contribution >= 0.6 is 11.3 Å². The van der Waals surface area contributed by atoms with E-state index in [1.165, 1.54) is 37.7 Å². The molecule has 0 radical (unpaired) electrons. The van der Waals surface area contributed by atoms with Crippen LogP contribution in [0.25, 0.3) is 17.2 Å². The number of thiazole rings is 1. The van der Waals surface area contributed by atoms with E-state index in [4.69, 9.17) is 18.9 Å². The van der Waals surface area contributed by atoms with Crippen LogP contribution in [-0.4, -0.2) is 62.3 Å².